The van der Waals surface area contributed by atoms with Crippen LogP contribution in [0.5, 0.6) is 0 Å². The Labute approximate surface area is 149 Å². The number of hydrogen-bond acceptors (Lipinski definition) is 3. The van der Waals surface area contributed by atoms with Crippen LogP contribution in [0.15, 0.2) is 30.7 Å². The lowest BCUT2D eigenvalue weighted by atomic mass is 9.86. The Kier molecular flexibility index (Phi) is 4.55. The first-order valence-electron chi connectivity index (χ1n) is 9.42. The van der Waals surface area contributed by atoms with E-state index in [1.54, 1.807) is 6.20 Å². The summed E-state index contributed by atoms with van der Waals surface area (Å²) in [5, 5.41) is 0. The zero-order chi connectivity index (χ0) is 17.2. The number of hydrogen-bond donors (Lipinski definition) is 0. The van der Waals surface area contributed by atoms with E-state index in [-0.39, 0.29) is 5.92 Å². The largest absolute Gasteiger partial charge is 0.341 e. The van der Waals surface area contributed by atoms with Gasteiger partial charge in [-0.25, -0.2) is 4.98 Å². The number of carbonyl (C=O) groups is 1. The molecule has 0 radical (unpaired) electrons. The van der Waals surface area contributed by atoms with E-state index in [1.807, 2.05) is 23.4 Å². The number of amides is 1. The number of likely N-dealkylation sites (tertiary alicyclic amines) is 1. The van der Waals surface area contributed by atoms with Crippen molar-refractivity contribution in [2.45, 2.75) is 51.5 Å². The molecule has 1 amide bonds. The summed E-state index contributed by atoms with van der Waals surface area (Å²) in [5.74, 6) is 2.11. The second kappa shape index (κ2) is 6.98. The Morgan fingerprint density at radius 1 is 1.20 bits per heavy atom. The molecular formula is C20H26N4O. The topological polar surface area (TPSA) is 51.0 Å². The highest BCUT2D eigenvalue weighted by Gasteiger charge is 2.37. The third-order valence-corrected chi connectivity index (χ3v) is 5.66. The molecule has 25 heavy (non-hydrogen) atoms. The lowest BCUT2D eigenvalue weighted by molar-refractivity contribution is -0.141. The Hall–Kier alpha value is -2.17. The molecule has 0 aromatic carbocycles. The molecule has 0 bridgehead atoms. The fourth-order valence-electron chi connectivity index (χ4n) is 4.11. The minimum absolute atomic E-state index is 0.270. The van der Waals surface area contributed by atoms with Crippen LogP contribution >= 0.6 is 0 Å². The maximum Gasteiger partial charge on any atom is 0.225 e. The monoisotopic (exact) mass is 338 g/mol. The van der Waals surface area contributed by atoms with Gasteiger partial charge in [0.25, 0.3) is 0 Å². The molecule has 0 N–H and O–H groups in total. The predicted molar refractivity (Wildman–Crippen MR) is 96.2 cm³/mol. The average Bonchev–Trinajstić information content (AvgIpc) is 2.96. The smallest absolute Gasteiger partial charge is 0.225 e. The molecule has 0 unspecified atom stereocenters. The number of aryl methyl sites for hydroxylation is 1. The van der Waals surface area contributed by atoms with Crippen molar-refractivity contribution in [2.75, 3.05) is 13.1 Å². The van der Waals surface area contributed by atoms with Gasteiger partial charge in [-0.1, -0.05) is 25.3 Å². The van der Waals surface area contributed by atoms with E-state index < -0.39 is 0 Å². The zero-order valence-electron chi connectivity index (χ0n) is 14.9. The second-order valence-electron chi connectivity index (χ2n) is 7.48. The summed E-state index contributed by atoms with van der Waals surface area (Å²) in [6, 6.07) is 4.06. The van der Waals surface area contributed by atoms with Gasteiger partial charge in [0.05, 0.1) is 12.5 Å². The number of aromatic nitrogens is 3. The highest BCUT2D eigenvalue weighted by molar-refractivity contribution is 5.80. The Balaban J connectivity index is 1.41. The van der Waals surface area contributed by atoms with Gasteiger partial charge in [0, 0.05) is 43.3 Å². The highest BCUT2D eigenvalue weighted by Crippen LogP contribution is 2.32. The predicted octanol–water partition coefficient (Wildman–Crippen LogP) is 3.14. The van der Waals surface area contributed by atoms with Crippen LogP contribution in [0.2, 0.25) is 0 Å². The summed E-state index contributed by atoms with van der Waals surface area (Å²) < 4.78 is 2.27. The molecule has 1 aliphatic carbocycles. The number of carbonyl (C=O) groups excluding carboxylic acids is 1. The fraction of sp³-hybridized carbons (Fsp3) is 0.550. The number of nitrogens with zero attached hydrogens (tertiary/aromatic N) is 4. The maximum atomic E-state index is 12.6. The van der Waals surface area contributed by atoms with Crippen molar-refractivity contribution in [1.29, 1.82) is 0 Å². The van der Waals surface area contributed by atoms with Crippen LogP contribution in [0.3, 0.4) is 0 Å². The fourth-order valence-corrected chi connectivity index (χ4v) is 4.11. The molecule has 0 spiro atoms. The minimum atomic E-state index is 0.270. The first-order chi connectivity index (χ1) is 12.2. The maximum absolute atomic E-state index is 12.6. The first kappa shape index (κ1) is 16.3. The van der Waals surface area contributed by atoms with E-state index in [2.05, 4.69) is 27.5 Å². The minimum Gasteiger partial charge on any atom is -0.341 e. The van der Waals surface area contributed by atoms with Gasteiger partial charge in [-0.3, -0.25) is 9.78 Å². The second-order valence-corrected chi connectivity index (χ2v) is 7.48. The Morgan fingerprint density at radius 2 is 2.00 bits per heavy atom. The number of pyridine rings is 1. The molecular weight excluding hydrogens is 312 g/mol. The van der Waals surface area contributed by atoms with Crippen LogP contribution in [0.1, 0.15) is 55.1 Å². The van der Waals surface area contributed by atoms with Crippen molar-refractivity contribution in [3.8, 4) is 0 Å². The van der Waals surface area contributed by atoms with Gasteiger partial charge in [0.2, 0.25) is 5.91 Å². The van der Waals surface area contributed by atoms with Gasteiger partial charge in [-0.15, -0.1) is 0 Å². The molecule has 0 atom stereocenters. The van der Waals surface area contributed by atoms with Crippen LogP contribution in [-0.2, 0) is 11.3 Å². The van der Waals surface area contributed by atoms with Gasteiger partial charge >= 0.3 is 0 Å². The molecule has 3 heterocycles. The van der Waals surface area contributed by atoms with Gasteiger partial charge in [0.15, 0.2) is 0 Å². The SMILES string of the molecule is Cc1cnc(C2CN(C(=O)C3CCCCC3)C2)n1Cc1cccnc1. The van der Waals surface area contributed by atoms with E-state index in [4.69, 9.17) is 0 Å². The molecule has 1 aliphatic heterocycles. The third kappa shape index (κ3) is 3.32. The van der Waals surface area contributed by atoms with E-state index in [0.29, 0.717) is 11.8 Å². The van der Waals surface area contributed by atoms with Crippen LogP contribution in [-0.4, -0.2) is 38.4 Å². The van der Waals surface area contributed by atoms with E-state index in [9.17, 15) is 4.79 Å². The van der Waals surface area contributed by atoms with Crippen molar-refractivity contribution < 1.29 is 4.79 Å². The molecule has 5 nitrogen and oxygen atoms in total. The number of rotatable bonds is 4. The van der Waals surface area contributed by atoms with Crippen molar-refractivity contribution >= 4 is 5.91 Å². The Bertz CT molecular complexity index is 727. The average molecular weight is 338 g/mol. The van der Waals surface area contributed by atoms with E-state index in [1.165, 1.54) is 24.8 Å². The molecule has 2 aromatic heterocycles. The summed E-state index contributed by atoms with van der Waals surface area (Å²) in [4.78, 5) is 23.5. The van der Waals surface area contributed by atoms with Crippen molar-refractivity contribution in [2.24, 2.45) is 5.92 Å². The number of imidazole rings is 1. The van der Waals surface area contributed by atoms with Crippen LogP contribution in [0.4, 0.5) is 0 Å². The quantitative estimate of drug-likeness (QED) is 0.860. The van der Waals surface area contributed by atoms with Gasteiger partial charge in [0.1, 0.15) is 5.82 Å². The lowest BCUT2D eigenvalue weighted by Crippen LogP contribution is -2.51. The van der Waals surface area contributed by atoms with Gasteiger partial charge in [-0.05, 0) is 31.4 Å². The molecule has 132 valence electrons. The van der Waals surface area contributed by atoms with Gasteiger partial charge in [-0.2, -0.15) is 0 Å². The highest BCUT2D eigenvalue weighted by atomic mass is 16.2. The summed E-state index contributed by atoms with van der Waals surface area (Å²) in [5.41, 5.74) is 2.34. The molecule has 2 aromatic rings. The summed E-state index contributed by atoms with van der Waals surface area (Å²) >= 11 is 0. The molecule has 2 fully saturated rings. The lowest BCUT2D eigenvalue weighted by Gasteiger charge is -2.41. The molecule has 5 heteroatoms. The van der Waals surface area contributed by atoms with Gasteiger partial charge < -0.3 is 9.47 Å². The standard InChI is InChI=1S/C20H26N4O/c1-15-10-22-19(24(15)12-16-6-5-9-21-11-16)18-13-23(14-18)20(25)17-7-3-2-4-8-17/h5-6,9-11,17-18H,2-4,7-8,12-14H2,1H3. The zero-order valence-corrected chi connectivity index (χ0v) is 14.9. The molecule has 2 aliphatic rings. The molecule has 1 saturated heterocycles. The molecule has 4 rings (SSSR count). The van der Waals surface area contributed by atoms with Crippen LogP contribution in [0, 0.1) is 12.8 Å². The van der Waals surface area contributed by atoms with Crippen LogP contribution < -0.4 is 0 Å². The third-order valence-electron chi connectivity index (χ3n) is 5.66. The summed E-state index contributed by atoms with van der Waals surface area (Å²) in [6.45, 7) is 4.52. The van der Waals surface area contributed by atoms with E-state index >= 15 is 0 Å². The normalized spacial score (nSPS) is 19.0. The first-order valence-corrected chi connectivity index (χ1v) is 9.42. The van der Waals surface area contributed by atoms with Crippen molar-refractivity contribution in [1.82, 2.24) is 19.4 Å². The van der Waals surface area contributed by atoms with Crippen molar-refractivity contribution in [3.63, 3.8) is 0 Å². The Morgan fingerprint density at radius 3 is 2.72 bits per heavy atom. The van der Waals surface area contributed by atoms with Crippen molar-refractivity contribution in [3.05, 3.63) is 47.8 Å². The summed E-state index contributed by atoms with van der Waals surface area (Å²) in [6.07, 6.45) is 11.5. The van der Waals surface area contributed by atoms with Crippen LogP contribution in [0.25, 0.3) is 0 Å². The summed E-state index contributed by atoms with van der Waals surface area (Å²) in [7, 11) is 0. The van der Waals surface area contributed by atoms with E-state index in [0.717, 1.165) is 44.0 Å². The molecule has 1 saturated carbocycles.